The second kappa shape index (κ2) is 13.8. The van der Waals surface area contributed by atoms with Gasteiger partial charge in [-0.3, -0.25) is 9.78 Å². The zero-order chi connectivity index (χ0) is 29.4. The summed E-state index contributed by atoms with van der Waals surface area (Å²) >= 11 is 0. The predicted octanol–water partition coefficient (Wildman–Crippen LogP) is 8.42. The summed E-state index contributed by atoms with van der Waals surface area (Å²) in [4.78, 5) is 19.2. The van der Waals surface area contributed by atoms with Crippen LogP contribution in [-0.4, -0.2) is 21.8 Å². The van der Waals surface area contributed by atoms with Crippen LogP contribution in [0.2, 0.25) is 0 Å². The molecule has 1 heterocycles. The monoisotopic (exact) mass is 571 g/mol. The summed E-state index contributed by atoms with van der Waals surface area (Å²) in [7, 11) is 0. The van der Waals surface area contributed by atoms with Gasteiger partial charge in [0.1, 0.15) is 0 Å². The fourth-order valence-electron chi connectivity index (χ4n) is 5.48. The van der Waals surface area contributed by atoms with Crippen molar-refractivity contribution in [2.45, 2.75) is 70.4 Å². The number of carbonyl (C=O) groups excluding carboxylic acids is 1. The lowest BCUT2D eigenvalue weighted by Gasteiger charge is -2.23. The lowest BCUT2D eigenvalue weighted by Crippen LogP contribution is -2.30. The lowest BCUT2D eigenvalue weighted by molar-refractivity contribution is -0.137. The molecule has 7 heteroatoms. The van der Waals surface area contributed by atoms with Crippen LogP contribution in [0.1, 0.15) is 71.1 Å². The first kappa shape index (κ1) is 29.5. The normalized spacial score (nSPS) is 14.4. The fraction of sp³-hybridized carbons (Fsp3) is 0.314. The van der Waals surface area contributed by atoms with Crippen molar-refractivity contribution in [2.24, 2.45) is 0 Å². The van der Waals surface area contributed by atoms with E-state index >= 15 is 0 Å². The number of hydrogen-bond donors (Lipinski definition) is 1. The van der Waals surface area contributed by atoms with Crippen molar-refractivity contribution in [3.63, 3.8) is 0 Å². The second-order valence-corrected chi connectivity index (χ2v) is 11.1. The minimum atomic E-state index is -4.45. The Kier molecular flexibility index (Phi) is 9.70. The van der Waals surface area contributed by atoms with Crippen molar-refractivity contribution >= 4 is 5.91 Å². The highest BCUT2D eigenvalue weighted by Gasteiger charge is 2.30. The predicted molar refractivity (Wildman–Crippen MR) is 159 cm³/mol. The van der Waals surface area contributed by atoms with Crippen LogP contribution in [-0.2, 0) is 25.8 Å². The number of nitrogens with zero attached hydrogens (tertiary/aromatic N) is 2. The highest BCUT2D eigenvalue weighted by atomic mass is 19.4. The van der Waals surface area contributed by atoms with Crippen LogP contribution in [0.25, 0.3) is 11.1 Å². The quantitative estimate of drug-likeness (QED) is 0.205. The summed E-state index contributed by atoms with van der Waals surface area (Å²) in [5.74, 6) is -0.343. The van der Waals surface area contributed by atoms with Crippen molar-refractivity contribution in [3.05, 3.63) is 125 Å². The van der Waals surface area contributed by atoms with Gasteiger partial charge < -0.3 is 10.2 Å². The molecule has 1 aliphatic carbocycles. The summed E-state index contributed by atoms with van der Waals surface area (Å²) in [5, 5.41) is 3.72. The number of carbonyl (C=O) groups is 1. The molecule has 42 heavy (non-hydrogen) atoms. The van der Waals surface area contributed by atoms with Gasteiger partial charge in [-0.15, -0.1) is 0 Å². The number of pyridine rings is 1. The molecular weight excluding hydrogens is 535 g/mol. The molecule has 5 rings (SSSR count). The van der Waals surface area contributed by atoms with Crippen LogP contribution in [0.5, 0.6) is 0 Å². The van der Waals surface area contributed by atoms with E-state index in [1.807, 2.05) is 30.3 Å². The summed E-state index contributed by atoms with van der Waals surface area (Å²) in [6.07, 6.45) is 6.75. The molecule has 0 bridgehead atoms. The van der Waals surface area contributed by atoms with E-state index in [2.05, 4.69) is 34.6 Å². The first-order valence-corrected chi connectivity index (χ1v) is 14.6. The SMILES string of the molecule is O=C(c1ccc(C(F)(F)F)cc1)N(Cc1ccc(-c2ccc(CNC3CCCCCC3)cc2)cc1)Cc1cccnc1. The van der Waals surface area contributed by atoms with Gasteiger partial charge in [-0.2, -0.15) is 13.2 Å². The van der Waals surface area contributed by atoms with Crippen LogP contribution >= 0.6 is 0 Å². The number of rotatable bonds is 9. The minimum absolute atomic E-state index is 0.206. The number of aromatic nitrogens is 1. The van der Waals surface area contributed by atoms with Crippen LogP contribution in [0.4, 0.5) is 13.2 Å². The first-order chi connectivity index (χ1) is 20.3. The molecule has 0 aliphatic heterocycles. The van der Waals surface area contributed by atoms with Crippen LogP contribution in [0.15, 0.2) is 97.3 Å². The van der Waals surface area contributed by atoms with E-state index in [1.165, 1.54) is 56.2 Å². The van der Waals surface area contributed by atoms with Gasteiger partial charge in [-0.25, -0.2) is 0 Å². The first-order valence-electron chi connectivity index (χ1n) is 14.6. The number of nitrogens with one attached hydrogen (secondary N) is 1. The van der Waals surface area contributed by atoms with Crippen molar-refractivity contribution in [2.75, 3.05) is 0 Å². The van der Waals surface area contributed by atoms with Gasteiger partial charge in [0.15, 0.2) is 0 Å². The highest BCUT2D eigenvalue weighted by molar-refractivity contribution is 5.94. The van der Waals surface area contributed by atoms with Gasteiger partial charge in [0.25, 0.3) is 5.91 Å². The molecule has 3 aromatic carbocycles. The Morgan fingerprint density at radius 3 is 1.93 bits per heavy atom. The summed E-state index contributed by atoms with van der Waals surface area (Å²) in [6, 6.07) is 25.3. The molecule has 0 spiro atoms. The van der Waals surface area contributed by atoms with E-state index in [9.17, 15) is 18.0 Å². The third-order valence-electron chi connectivity index (χ3n) is 7.91. The standard InChI is InChI=1S/C35H36F3N3O/c36-35(37,38)32-19-17-31(18-20-32)34(42)41(25-28-6-5-21-39-22-28)24-27-11-15-30(16-12-27)29-13-9-26(10-14-29)23-40-33-7-3-1-2-4-8-33/h5-6,9-22,33,40H,1-4,7-8,23-25H2. The van der Waals surface area contributed by atoms with E-state index in [-0.39, 0.29) is 18.0 Å². The number of halogens is 3. The van der Waals surface area contributed by atoms with Crippen LogP contribution in [0.3, 0.4) is 0 Å². The molecule has 0 unspecified atom stereocenters. The van der Waals surface area contributed by atoms with Crippen molar-refractivity contribution in [1.82, 2.24) is 15.2 Å². The second-order valence-electron chi connectivity index (χ2n) is 11.1. The van der Waals surface area contributed by atoms with E-state index in [4.69, 9.17) is 0 Å². The Labute approximate surface area is 245 Å². The fourth-order valence-corrected chi connectivity index (χ4v) is 5.48. The van der Waals surface area contributed by atoms with Crippen molar-refractivity contribution < 1.29 is 18.0 Å². The summed E-state index contributed by atoms with van der Waals surface area (Å²) < 4.78 is 39.1. The van der Waals surface area contributed by atoms with Gasteiger partial charge in [-0.1, -0.05) is 80.3 Å². The molecule has 0 atom stereocenters. The van der Waals surface area contributed by atoms with Gasteiger partial charge in [-0.05, 0) is 71.0 Å². The number of amides is 1. The molecule has 1 saturated carbocycles. The maximum absolute atomic E-state index is 13.4. The third kappa shape index (κ3) is 8.07. The Bertz CT molecular complexity index is 1410. The van der Waals surface area contributed by atoms with Gasteiger partial charge in [0.05, 0.1) is 5.56 Å². The van der Waals surface area contributed by atoms with Crippen molar-refractivity contribution in [1.29, 1.82) is 0 Å². The number of hydrogen-bond acceptors (Lipinski definition) is 3. The zero-order valence-electron chi connectivity index (χ0n) is 23.6. The topological polar surface area (TPSA) is 45.2 Å². The largest absolute Gasteiger partial charge is 0.416 e. The van der Waals surface area contributed by atoms with Gasteiger partial charge >= 0.3 is 6.18 Å². The number of alkyl halides is 3. The average molecular weight is 572 g/mol. The summed E-state index contributed by atoms with van der Waals surface area (Å²) in [6.45, 7) is 1.47. The van der Waals surface area contributed by atoms with Gasteiger partial charge in [0, 0.05) is 43.6 Å². The molecule has 1 aliphatic rings. The number of benzene rings is 3. The van der Waals surface area contributed by atoms with E-state index in [1.54, 1.807) is 23.4 Å². The Morgan fingerprint density at radius 2 is 1.36 bits per heavy atom. The summed E-state index contributed by atoms with van der Waals surface area (Å²) in [5.41, 5.74) is 4.65. The maximum Gasteiger partial charge on any atom is 0.416 e. The van der Waals surface area contributed by atoms with Gasteiger partial charge in [0.2, 0.25) is 0 Å². The third-order valence-corrected chi connectivity index (χ3v) is 7.91. The molecule has 1 aromatic heterocycles. The highest BCUT2D eigenvalue weighted by Crippen LogP contribution is 2.29. The van der Waals surface area contributed by atoms with E-state index < -0.39 is 11.7 Å². The molecule has 1 amide bonds. The maximum atomic E-state index is 13.4. The molecule has 1 N–H and O–H groups in total. The van der Waals surface area contributed by atoms with E-state index in [0.29, 0.717) is 12.6 Å². The van der Waals surface area contributed by atoms with Crippen molar-refractivity contribution in [3.8, 4) is 11.1 Å². The average Bonchev–Trinajstić information content (AvgIpc) is 3.29. The lowest BCUT2D eigenvalue weighted by atomic mass is 10.0. The molecule has 0 saturated heterocycles. The Balaban J connectivity index is 1.25. The Hall–Kier alpha value is -3.97. The Morgan fingerprint density at radius 1 is 0.762 bits per heavy atom. The molecular formula is C35H36F3N3O. The smallest absolute Gasteiger partial charge is 0.330 e. The molecule has 4 nitrogen and oxygen atoms in total. The minimum Gasteiger partial charge on any atom is -0.330 e. The molecule has 4 aromatic rings. The van der Waals surface area contributed by atoms with E-state index in [0.717, 1.165) is 40.9 Å². The molecule has 218 valence electrons. The molecule has 0 radical (unpaired) electrons. The molecule has 1 fully saturated rings. The zero-order valence-corrected chi connectivity index (χ0v) is 23.6. The van der Waals surface area contributed by atoms with Crippen LogP contribution < -0.4 is 5.32 Å². The van der Waals surface area contributed by atoms with Crippen LogP contribution in [0, 0.1) is 0 Å².